The maximum atomic E-state index is 3.60. The molecule has 0 N–H and O–H groups in total. The lowest BCUT2D eigenvalue weighted by atomic mass is 10.1. The van der Waals surface area contributed by atoms with Crippen LogP contribution >= 0.6 is 15.9 Å². The standard InChI is InChI=1S/C14H16BrN/c1-9-7-13(8-10(2)14(9)15)16-11(3)5-6-12(16)4/h5-8H,1-4H3. The molecule has 1 aromatic heterocycles. The first-order chi connectivity index (χ1) is 7.50. The molecule has 2 rings (SSSR count). The van der Waals surface area contributed by atoms with E-state index in [9.17, 15) is 0 Å². The van der Waals surface area contributed by atoms with Gasteiger partial charge in [0.25, 0.3) is 0 Å². The van der Waals surface area contributed by atoms with E-state index in [0.717, 1.165) is 0 Å². The van der Waals surface area contributed by atoms with Crippen LogP contribution in [0.1, 0.15) is 22.5 Å². The molecule has 1 heterocycles. The summed E-state index contributed by atoms with van der Waals surface area (Å²) >= 11 is 3.60. The van der Waals surface area contributed by atoms with Gasteiger partial charge < -0.3 is 4.57 Å². The fourth-order valence-corrected chi connectivity index (χ4v) is 2.36. The minimum atomic E-state index is 1.21. The van der Waals surface area contributed by atoms with E-state index >= 15 is 0 Å². The van der Waals surface area contributed by atoms with Crippen LogP contribution in [-0.2, 0) is 0 Å². The molecule has 0 spiro atoms. The maximum absolute atomic E-state index is 3.60. The zero-order valence-electron chi connectivity index (χ0n) is 10.1. The molecule has 0 unspecified atom stereocenters. The van der Waals surface area contributed by atoms with E-state index in [4.69, 9.17) is 0 Å². The van der Waals surface area contributed by atoms with E-state index in [0.29, 0.717) is 0 Å². The molecule has 84 valence electrons. The molecule has 0 atom stereocenters. The van der Waals surface area contributed by atoms with Gasteiger partial charge in [-0.15, -0.1) is 0 Å². The second-order valence-electron chi connectivity index (χ2n) is 4.35. The number of aryl methyl sites for hydroxylation is 4. The molecule has 0 aliphatic carbocycles. The summed E-state index contributed by atoms with van der Waals surface area (Å²) in [6.45, 7) is 8.54. The first-order valence-electron chi connectivity index (χ1n) is 5.43. The van der Waals surface area contributed by atoms with Crippen molar-refractivity contribution in [2.75, 3.05) is 0 Å². The van der Waals surface area contributed by atoms with Crippen molar-refractivity contribution in [1.82, 2.24) is 4.57 Å². The van der Waals surface area contributed by atoms with Crippen molar-refractivity contribution in [3.05, 3.63) is 51.3 Å². The third-order valence-electron chi connectivity index (χ3n) is 2.95. The summed E-state index contributed by atoms with van der Waals surface area (Å²) < 4.78 is 3.49. The summed E-state index contributed by atoms with van der Waals surface area (Å²) in [4.78, 5) is 0. The highest BCUT2D eigenvalue weighted by atomic mass is 79.9. The molecular formula is C14H16BrN. The van der Waals surface area contributed by atoms with Crippen LogP contribution in [0.15, 0.2) is 28.7 Å². The molecule has 2 aromatic rings. The third kappa shape index (κ3) is 1.82. The number of nitrogens with zero attached hydrogens (tertiary/aromatic N) is 1. The van der Waals surface area contributed by atoms with Gasteiger partial charge in [-0.25, -0.2) is 0 Å². The fourth-order valence-electron chi connectivity index (χ4n) is 2.13. The highest BCUT2D eigenvalue weighted by Gasteiger charge is 2.07. The van der Waals surface area contributed by atoms with Crippen LogP contribution in [0, 0.1) is 27.7 Å². The van der Waals surface area contributed by atoms with E-state index in [1.54, 1.807) is 0 Å². The van der Waals surface area contributed by atoms with Crippen LogP contribution in [0.5, 0.6) is 0 Å². The van der Waals surface area contributed by atoms with Crippen molar-refractivity contribution in [2.45, 2.75) is 27.7 Å². The number of aromatic nitrogens is 1. The van der Waals surface area contributed by atoms with Gasteiger partial charge in [-0.2, -0.15) is 0 Å². The Morgan fingerprint density at radius 2 is 1.31 bits per heavy atom. The molecule has 0 aliphatic rings. The number of halogens is 1. The summed E-state index contributed by atoms with van der Waals surface area (Å²) in [6.07, 6.45) is 0. The molecule has 0 bridgehead atoms. The van der Waals surface area contributed by atoms with Crippen LogP contribution in [-0.4, -0.2) is 4.57 Å². The van der Waals surface area contributed by atoms with Crippen molar-refractivity contribution in [3.8, 4) is 5.69 Å². The van der Waals surface area contributed by atoms with Crippen molar-refractivity contribution in [1.29, 1.82) is 0 Å². The number of benzene rings is 1. The average molecular weight is 278 g/mol. The predicted molar refractivity (Wildman–Crippen MR) is 72.4 cm³/mol. The molecule has 0 aliphatic heterocycles. The van der Waals surface area contributed by atoms with E-state index in [2.05, 4.69) is 72.5 Å². The Bertz CT molecular complexity index is 495. The first-order valence-corrected chi connectivity index (χ1v) is 6.22. The van der Waals surface area contributed by atoms with Gasteiger partial charge in [0, 0.05) is 21.5 Å². The van der Waals surface area contributed by atoms with Gasteiger partial charge in [0.15, 0.2) is 0 Å². The van der Waals surface area contributed by atoms with Crippen LogP contribution in [0.25, 0.3) is 5.69 Å². The van der Waals surface area contributed by atoms with Crippen molar-refractivity contribution < 1.29 is 0 Å². The summed E-state index contributed by atoms with van der Waals surface area (Å²) in [7, 11) is 0. The van der Waals surface area contributed by atoms with Crippen molar-refractivity contribution in [3.63, 3.8) is 0 Å². The Kier molecular flexibility index (Phi) is 2.94. The minimum Gasteiger partial charge on any atom is -0.319 e. The Morgan fingerprint density at radius 1 is 0.875 bits per heavy atom. The molecule has 0 saturated heterocycles. The van der Waals surface area contributed by atoms with Gasteiger partial charge in [0.1, 0.15) is 0 Å². The zero-order chi connectivity index (χ0) is 11.9. The summed E-state index contributed by atoms with van der Waals surface area (Å²) in [5.74, 6) is 0. The third-order valence-corrected chi connectivity index (χ3v) is 4.20. The monoisotopic (exact) mass is 277 g/mol. The molecule has 16 heavy (non-hydrogen) atoms. The highest BCUT2D eigenvalue weighted by Crippen LogP contribution is 2.26. The molecule has 0 saturated carbocycles. The van der Waals surface area contributed by atoms with Crippen LogP contribution < -0.4 is 0 Å². The Hall–Kier alpha value is -1.02. The topological polar surface area (TPSA) is 4.93 Å². The summed E-state index contributed by atoms with van der Waals surface area (Å²) in [6, 6.07) is 8.75. The van der Waals surface area contributed by atoms with E-state index in [-0.39, 0.29) is 0 Å². The van der Waals surface area contributed by atoms with Gasteiger partial charge >= 0.3 is 0 Å². The normalized spacial score (nSPS) is 10.8. The van der Waals surface area contributed by atoms with E-state index in [1.807, 2.05) is 0 Å². The average Bonchev–Trinajstić information content (AvgIpc) is 2.54. The Balaban J connectivity index is 2.66. The Morgan fingerprint density at radius 3 is 1.75 bits per heavy atom. The smallest absolute Gasteiger partial charge is 0.0460 e. The number of hydrogen-bond donors (Lipinski definition) is 0. The van der Waals surface area contributed by atoms with Crippen molar-refractivity contribution >= 4 is 15.9 Å². The summed E-state index contributed by atoms with van der Waals surface area (Å²) in [5, 5.41) is 0. The number of rotatable bonds is 1. The molecule has 0 amide bonds. The predicted octanol–water partition coefficient (Wildman–Crippen LogP) is 4.47. The SMILES string of the molecule is Cc1cc(-n2c(C)ccc2C)cc(C)c1Br. The molecule has 1 nitrogen and oxygen atoms in total. The van der Waals surface area contributed by atoms with Crippen LogP contribution in [0.3, 0.4) is 0 Å². The van der Waals surface area contributed by atoms with E-state index in [1.165, 1.54) is 32.7 Å². The lowest BCUT2D eigenvalue weighted by Crippen LogP contribution is -2.00. The second-order valence-corrected chi connectivity index (χ2v) is 5.14. The quantitative estimate of drug-likeness (QED) is 0.725. The summed E-state index contributed by atoms with van der Waals surface area (Å²) in [5.41, 5.74) is 6.36. The van der Waals surface area contributed by atoms with Gasteiger partial charge in [0.2, 0.25) is 0 Å². The van der Waals surface area contributed by atoms with Gasteiger partial charge in [-0.05, 0) is 63.1 Å². The van der Waals surface area contributed by atoms with Crippen molar-refractivity contribution in [2.24, 2.45) is 0 Å². The Labute approximate surface area is 105 Å². The molecular weight excluding hydrogens is 262 g/mol. The maximum Gasteiger partial charge on any atom is 0.0460 e. The van der Waals surface area contributed by atoms with Crippen LogP contribution in [0.2, 0.25) is 0 Å². The molecule has 0 radical (unpaired) electrons. The lowest BCUT2D eigenvalue weighted by molar-refractivity contribution is 0.960. The van der Waals surface area contributed by atoms with Gasteiger partial charge in [-0.3, -0.25) is 0 Å². The molecule has 2 heteroatoms. The fraction of sp³-hybridized carbons (Fsp3) is 0.286. The van der Waals surface area contributed by atoms with E-state index < -0.39 is 0 Å². The minimum absolute atomic E-state index is 1.21. The zero-order valence-corrected chi connectivity index (χ0v) is 11.7. The second kappa shape index (κ2) is 4.10. The van der Waals surface area contributed by atoms with Crippen LogP contribution in [0.4, 0.5) is 0 Å². The molecule has 0 fully saturated rings. The van der Waals surface area contributed by atoms with Gasteiger partial charge in [0.05, 0.1) is 0 Å². The largest absolute Gasteiger partial charge is 0.319 e. The first kappa shape index (κ1) is 11.5. The lowest BCUT2D eigenvalue weighted by Gasteiger charge is -2.13. The van der Waals surface area contributed by atoms with Gasteiger partial charge in [-0.1, -0.05) is 15.9 Å². The number of hydrogen-bond acceptors (Lipinski definition) is 0. The molecule has 1 aromatic carbocycles. The highest BCUT2D eigenvalue weighted by molar-refractivity contribution is 9.10.